The van der Waals surface area contributed by atoms with Crippen LogP contribution in [0.2, 0.25) is 0 Å². The van der Waals surface area contributed by atoms with Gasteiger partial charge in [-0.3, -0.25) is 0 Å². The van der Waals surface area contributed by atoms with E-state index in [2.05, 4.69) is 4.72 Å². The molecule has 1 aromatic carbocycles. The maximum atomic E-state index is 13.4. The van der Waals surface area contributed by atoms with Crippen LogP contribution in [0.3, 0.4) is 0 Å². The lowest BCUT2D eigenvalue weighted by Gasteiger charge is -2.08. The first-order chi connectivity index (χ1) is 8.47. The maximum Gasteiger partial charge on any atom is 0.243 e. The van der Waals surface area contributed by atoms with Crippen molar-refractivity contribution < 1.29 is 17.9 Å². The highest BCUT2D eigenvalue weighted by Gasteiger charge is 2.18. The van der Waals surface area contributed by atoms with E-state index in [4.69, 9.17) is 5.11 Å². The molecule has 0 aromatic heterocycles. The Kier molecular flexibility index (Phi) is 5.71. The summed E-state index contributed by atoms with van der Waals surface area (Å²) in [5.41, 5.74) is 0.692. The molecule has 1 rings (SSSR count). The third kappa shape index (κ3) is 4.36. The Morgan fingerprint density at radius 1 is 1.28 bits per heavy atom. The number of aliphatic hydroxyl groups is 1. The van der Waals surface area contributed by atoms with Crippen LogP contribution in [0.25, 0.3) is 0 Å². The summed E-state index contributed by atoms with van der Waals surface area (Å²) in [5, 5.41) is 8.58. The minimum absolute atomic E-state index is 0.0965. The van der Waals surface area contributed by atoms with Crippen molar-refractivity contribution in [3.05, 3.63) is 29.6 Å². The number of aliphatic hydroxyl groups excluding tert-OH is 1. The maximum absolute atomic E-state index is 13.4. The van der Waals surface area contributed by atoms with Gasteiger partial charge in [-0.1, -0.05) is 6.07 Å². The van der Waals surface area contributed by atoms with Gasteiger partial charge in [-0.25, -0.2) is 17.5 Å². The molecule has 0 bridgehead atoms. The zero-order valence-corrected chi connectivity index (χ0v) is 11.1. The fourth-order valence-electron chi connectivity index (χ4n) is 1.51. The molecule has 18 heavy (non-hydrogen) atoms. The van der Waals surface area contributed by atoms with Gasteiger partial charge in [0.15, 0.2) is 0 Å². The number of hydrogen-bond acceptors (Lipinski definition) is 3. The van der Waals surface area contributed by atoms with E-state index in [1.807, 2.05) is 0 Å². The number of unbranched alkanes of at least 4 members (excludes halogenated alkanes) is 2. The number of benzene rings is 1. The molecule has 0 aliphatic heterocycles. The molecule has 0 aliphatic carbocycles. The molecule has 0 aliphatic rings. The lowest BCUT2D eigenvalue weighted by atomic mass is 10.2. The second kappa shape index (κ2) is 6.82. The van der Waals surface area contributed by atoms with Crippen molar-refractivity contribution >= 4 is 10.0 Å². The summed E-state index contributed by atoms with van der Waals surface area (Å²) < 4.78 is 39.5. The van der Waals surface area contributed by atoms with E-state index in [9.17, 15) is 12.8 Å². The second-order valence-electron chi connectivity index (χ2n) is 4.12. The normalized spacial score (nSPS) is 11.7. The summed E-state index contributed by atoms with van der Waals surface area (Å²) in [6.07, 6.45) is 1.99. The van der Waals surface area contributed by atoms with E-state index in [0.29, 0.717) is 18.4 Å². The molecule has 2 N–H and O–H groups in total. The molecule has 0 spiro atoms. The first-order valence-electron chi connectivity index (χ1n) is 5.84. The van der Waals surface area contributed by atoms with Gasteiger partial charge in [-0.05, 0) is 43.9 Å². The van der Waals surface area contributed by atoms with E-state index >= 15 is 0 Å². The van der Waals surface area contributed by atoms with Crippen LogP contribution in [0.5, 0.6) is 0 Å². The van der Waals surface area contributed by atoms with Crippen LogP contribution in [-0.2, 0) is 10.0 Å². The molecule has 102 valence electrons. The summed E-state index contributed by atoms with van der Waals surface area (Å²) in [6.45, 7) is 2.05. The van der Waals surface area contributed by atoms with Crippen molar-refractivity contribution in [2.45, 2.75) is 31.1 Å². The molecule has 0 saturated carbocycles. The van der Waals surface area contributed by atoms with Gasteiger partial charge in [-0.15, -0.1) is 0 Å². The molecule has 0 atom stereocenters. The zero-order valence-electron chi connectivity index (χ0n) is 10.3. The van der Waals surface area contributed by atoms with E-state index in [1.165, 1.54) is 12.1 Å². The molecule has 4 nitrogen and oxygen atoms in total. The molecule has 6 heteroatoms. The van der Waals surface area contributed by atoms with Gasteiger partial charge in [0.2, 0.25) is 10.0 Å². The largest absolute Gasteiger partial charge is 0.396 e. The number of sulfonamides is 1. The molecule has 0 saturated heterocycles. The Labute approximate surface area is 107 Å². The van der Waals surface area contributed by atoms with Gasteiger partial charge in [0.05, 0.1) is 0 Å². The van der Waals surface area contributed by atoms with Crippen LogP contribution in [0.4, 0.5) is 4.39 Å². The summed E-state index contributed by atoms with van der Waals surface area (Å²) in [4.78, 5) is -0.315. The average molecular weight is 275 g/mol. The van der Waals surface area contributed by atoms with E-state index in [1.54, 1.807) is 6.92 Å². The van der Waals surface area contributed by atoms with Gasteiger partial charge in [-0.2, -0.15) is 0 Å². The Hall–Kier alpha value is -0.980. The van der Waals surface area contributed by atoms with E-state index in [0.717, 1.165) is 12.5 Å². The number of aryl methyl sites for hydroxylation is 1. The van der Waals surface area contributed by atoms with Gasteiger partial charge in [0.1, 0.15) is 10.7 Å². The van der Waals surface area contributed by atoms with Gasteiger partial charge in [0.25, 0.3) is 0 Å². The van der Waals surface area contributed by atoms with Gasteiger partial charge >= 0.3 is 0 Å². The quantitative estimate of drug-likeness (QED) is 0.742. The van der Waals surface area contributed by atoms with E-state index < -0.39 is 15.8 Å². The highest BCUT2D eigenvalue weighted by atomic mass is 32.2. The Bertz CT molecular complexity index is 488. The first-order valence-corrected chi connectivity index (χ1v) is 7.32. The Balaban J connectivity index is 2.66. The lowest BCUT2D eigenvalue weighted by Crippen LogP contribution is -2.25. The molecule has 0 heterocycles. The standard InChI is InChI=1S/C12H18FNO3S/c1-10-5-6-11(13)12(9-10)18(16,17)14-7-3-2-4-8-15/h5-6,9,14-15H,2-4,7-8H2,1H3. The number of nitrogens with one attached hydrogen (secondary N) is 1. The first kappa shape index (κ1) is 15.1. The minimum atomic E-state index is -3.79. The fourth-order valence-corrected chi connectivity index (χ4v) is 2.75. The minimum Gasteiger partial charge on any atom is -0.396 e. The zero-order chi connectivity index (χ0) is 13.6. The van der Waals surface area contributed by atoms with Crippen LogP contribution < -0.4 is 4.72 Å². The number of rotatable bonds is 7. The van der Waals surface area contributed by atoms with Crippen LogP contribution in [0, 0.1) is 12.7 Å². The van der Waals surface area contributed by atoms with Crippen molar-refractivity contribution in [1.29, 1.82) is 0 Å². The molecule has 0 fully saturated rings. The van der Waals surface area contributed by atoms with Gasteiger partial charge < -0.3 is 5.11 Å². The van der Waals surface area contributed by atoms with Gasteiger partial charge in [0, 0.05) is 13.2 Å². The predicted octanol–water partition coefficient (Wildman–Crippen LogP) is 1.58. The van der Waals surface area contributed by atoms with Crippen molar-refractivity contribution in [3.63, 3.8) is 0 Å². The number of hydrogen-bond donors (Lipinski definition) is 2. The molecule has 1 aromatic rings. The van der Waals surface area contributed by atoms with Crippen LogP contribution in [-0.4, -0.2) is 26.7 Å². The Morgan fingerprint density at radius 3 is 2.67 bits per heavy atom. The monoisotopic (exact) mass is 275 g/mol. The summed E-state index contributed by atoms with van der Waals surface area (Å²) in [6, 6.07) is 3.98. The topological polar surface area (TPSA) is 66.4 Å². The summed E-state index contributed by atoms with van der Waals surface area (Å²) >= 11 is 0. The summed E-state index contributed by atoms with van der Waals surface area (Å²) in [5.74, 6) is -0.747. The molecule has 0 radical (unpaired) electrons. The van der Waals surface area contributed by atoms with Crippen LogP contribution in [0.1, 0.15) is 24.8 Å². The van der Waals surface area contributed by atoms with Crippen molar-refractivity contribution in [1.82, 2.24) is 4.72 Å². The fraction of sp³-hybridized carbons (Fsp3) is 0.500. The lowest BCUT2D eigenvalue weighted by molar-refractivity contribution is 0.283. The smallest absolute Gasteiger partial charge is 0.243 e. The molecular formula is C12H18FNO3S. The Morgan fingerprint density at radius 2 is 2.00 bits per heavy atom. The third-order valence-corrected chi connectivity index (χ3v) is 3.98. The summed E-state index contributed by atoms with van der Waals surface area (Å²) in [7, 11) is -3.79. The van der Waals surface area contributed by atoms with E-state index in [-0.39, 0.29) is 18.0 Å². The van der Waals surface area contributed by atoms with Crippen molar-refractivity contribution in [3.8, 4) is 0 Å². The predicted molar refractivity (Wildman–Crippen MR) is 67.3 cm³/mol. The SMILES string of the molecule is Cc1ccc(F)c(S(=O)(=O)NCCCCCO)c1. The van der Waals surface area contributed by atoms with Crippen molar-refractivity contribution in [2.75, 3.05) is 13.2 Å². The molecular weight excluding hydrogens is 257 g/mol. The number of halogens is 1. The highest BCUT2D eigenvalue weighted by molar-refractivity contribution is 7.89. The average Bonchev–Trinajstić information content (AvgIpc) is 2.32. The molecule has 0 amide bonds. The van der Waals surface area contributed by atoms with Crippen LogP contribution in [0.15, 0.2) is 23.1 Å². The third-order valence-electron chi connectivity index (χ3n) is 2.50. The second-order valence-corrected chi connectivity index (χ2v) is 5.85. The highest BCUT2D eigenvalue weighted by Crippen LogP contribution is 2.15. The molecule has 0 unspecified atom stereocenters. The van der Waals surface area contributed by atoms with Crippen LogP contribution >= 0.6 is 0 Å². The van der Waals surface area contributed by atoms with Crippen molar-refractivity contribution in [2.24, 2.45) is 0 Å².